The van der Waals surface area contributed by atoms with E-state index in [-0.39, 0.29) is 0 Å². The number of ether oxygens (including phenoxy) is 1. The lowest BCUT2D eigenvalue weighted by molar-refractivity contribution is 0.199. The molecule has 0 saturated heterocycles. The van der Waals surface area contributed by atoms with Crippen LogP contribution in [0.4, 0.5) is 0 Å². The van der Waals surface area contributed by atoms with Gasteiger partial charge in [0.15, 0.2) is 0 Å². The van der Waals surface area contributed by atoms with E-state index in [4.69, 9.17) is 4.74 Å². The fourth-order valence-electron chi connectivity index (χ4n) is 2.50. The van der Waals surface area contributed by atoms with Crippen molar-refractivity contribution in [1.82, 2.24) is 4.98 Å². The third-order valence-corrected chi connectivity index (χ3v) is 3.66. The molecule has 0 spiro atoms. The quantitative estimate of drug-likeness (QED) is 0.789. The number of aliphatic hydroxyl groups excluding tert-OH is 1. The molecule has 0 fully saturated rings. The van der Waals surface area contributed by atoms with Crippen molar-refractivity contribution >= 4 is 10.9 Å². The Bertz CT molecular complexity index is 764. The molecule has 1 heterocycles. The van der Waals surface area contributed by atoms with Gasteiger partial charge < -0.3 is 9.84 Å². The molecule has 1 N–H and O–H groups in total. The number of methoxy groups -OCH3 is 1. The van der Waals surface area contributed by atoms with Crippen molar-refractivity contribution in [1.29, 1.82) is 0 Å². The molecule has 106 valence electrons. The number of aliphatic hydroxyl groups is 1. The smallest absolute Gasteiger partial charge is 0.145 e. The summed E-state index contributed by atoms with van der Waals surface area (Å²) in [5, 5.41) is 10.7. The first kappa shape index (κ1) is 13.6. The molecule has 3 nitrogen and oxygen atoms in total. The molecule has 0 saturated carbocycles. The van der Waals surface area contributed by atoms with Crippen LogP contribution in [-0.2, 0) is 0 Å². The van der Waals surface area contributed by atoms with Gasteiger partial charge in [0, 0.05) is 11.6 Å². The van der Waals surface area contributed by atoms with Crippen molar-refractivity contribution in [3.05, 3.63) is 60.3 Å². The summed E-state index contributed by atoms with van der Waals surface area (Å²) < 4.78 is 5.37. The summed E-state index contributed by atoms with van der Waals surface area (Å²) in [4.78, 5) is 4.42. The van der Waals surface area contributed by atoms with Gasteiger partial charge in [-0.05, 0) is 41.8 Å². The van der Waals surface area contributed by atoms with Crippen molar-refractivity contribution < 1.29 is 9.84 Å². The summed E-state index contributed by atoms with van der Waals surface area (Å²) in [6.45, 7) is 1.77. The SMILES string of the molecule is COc1ccc(-c2ccc([C@@H](C)O)cc2)c2cccnc12. The molecular weight excluding hydrogens is 262 g/mol. The van der Waals surface area contributed by atoms with Crippen molar-refractivity contribution in [2.75, 3.05) is 7.11 Å². The van der Waals surface area contributed by atoms with Crippen LogP contribution in [0, 0.1) is 0 Å². The number of rotatable bonds is 3. The van der Waals surface area contributed by atoms with Gasteiger partial charge in [-0.1, -0.05) is 30.3 Å². The first-order chi connectivity index (χ1) is 10.2. The summed E-state index contributed by atoms with van der Waals surface area (Å²) in [5.41, 5.74) is 3.97. The molecule has 0 radical (unpaired) electrons. The highest BCUT2D eigenvalue weighted by molar-refractivity contribution is 5.97. The second kappa shape index (κ2) is 5.54. The molecular formula is C18H17NO2. The van der Waals surface area contributed by atoms with Gasteiger partial charge in [-0.3, -0.25) is 4.98 Å². The first-order valence-electron chi connectivity index (χ1n) is 6.91. The number of nitrogens with zero attached hydrogens (tertiary/aromatic N) is 1. The second-order valence-electron chi connectivity index (χ2n) is 5.01. The van der Waals surface area contributed by atoms with Crippen LogP contribution in [0.5, 0.6) is 5.75 Å². The van der Waals surface area contributed by atoms with Crippen LogP contribution in [0.2, 0.25) is 0 Å². The highest BCUT2D eigenvalue weighted by Crippen LogP contribution is 2.33. The lowest BCUT2D eigenvalue weighted by atomic mass is 9.98. The fraction of sp³-hybridized carbons (Fsp3) is 0.167. The molecule has 1 aromatic heterocycles. The van der Waals surface area contributed by atoms with Crippen LogP contribution in [-0.4, -0.2) is 17.2 Å². The summed E-state index contributed by atoms with van der Waals surface area (Å²) in [6, 6.07) is 15.9. The first-order valence-corrected chi connectivity index (χ1v) is 6.91. The third-order valence-electron chi connectivity index (χ3n) is 3.66. The lowest BCUT2D eigenvalue weighted by Gasteiger charge is -2.11. The molecule has 3 rings (SSSR count). The van der Waals surface area contributed by atoms with Crippen LogP contribution in [0.15, 0.2) is 54.7 Å². The zero-order chi connectivity index (χ0) is 14.8. The Morgan fingerprint density at radius 3 is 2.48 bits per heavy atom. The van der Waals surface area contributed by atoms with E-state index in [1.807, 2.05) is 48.5 Å². The number of hydrogen-bond donors (Lipinski definition) is 1. The van der Waals surface area contributed by atoms with Crippen molar-refractivity contribution in [2.24, 2.45) is 0 Å². The molecule has 0 bridgehead atoms. The van der Waals surface area contributed by atoms with Gasteiger partial charge in [-0.2, -0.15) is 0 Å². The normalized spacial score (nSPS) is 12.3. The molecule has 0 aliphatic heterocycles. The van der Waals surface area contributed by atoms with Gasteiger partial charge in [0.2, 0.25) is 0 Å². The van der Waals surface area contributed by atoms with Crippen LogP contribution < -0.4 is 4.74 Å². The summed E-state index contributed by atoms with van der Waals surface area (Å²) in [5.74, 6) is 0.773. The Kier molecular flexibility index (Phi) is 3.59. The van der Waals surface area contributed by atoms with E-state index in [9.17, 15) is 5.11 Å². The Morgan fingerprint density at radius 2 is 1.81 bits per heavy atom. The standard InChI is InChI=1S/C18H17NO2/c1-12(20)13-5-7-14(8-6-13)15-9-10-17(21-2)18-16(15)4-3-11-19-18/h3-12,20H,1-2H3/t12-/m1/s1. The number of hydrogen-bond acceptors (Lipinski definition) is 3. The molecule has 0 aliphatic rings. The molecule has 1 atom stereocenters. The van der Waals surface area contributed by atoms with Crippen LogP contribution in [0.25, 0.3) is 22.0 Å². The average molecular weight is 279 g/mol. The third kappa shape index (κ3) is 2.48. The summed E-state index contributed by atoms with van der Waals surface area (Å²) in [6.07, 6.45) is 1.32. The largest absolute Gasteiger partial charge is 0.494 e. The summed E-state index contributed by atoms with van der Waals surface area (Å²) in [7, 11) is 1.65. The number of pyridine rings is 1. The van der Waals surface area contributed by atoms with Gasteiger partial charge in [0.05, 0.1) is 13.2 Å². The van der Waals surface area contributed by atoms with Gasteiger partial charge in [0.25, 0.3) is 0 Å². The van der Waals surface area contributed by atoms with Crippen molar-refractivity contribution in [2.45, 2.75) is 13.0 Å². The molecule has 21 heavy (non-hydrogen) atoms. The minimum Gasteiger partial charge on any atom is -0.494 e. The van der Waals surface area contributed by atoms with E-state index in [2.05, 4.69) is 4.98 Å². The van der Waals surface area contributed by atoms with Gasteiger partial charge in [-0.25, -0.2) is 0 Å². The molecule has 3 aromatic rings. The predicted molar refractivity (Wildman–Crippen MR) is 84.4 cm³/mol. The van der Waals surface area contributed by atoms with E-state index in [0.717, 1.165) is 33.3 Å². The van der Waals surface area contributed by atoms with Crippen molar-refractivity contribution in [3.63, 3.8) is 0 Å². The van der Waals surface area contributed by atoms with E-state index in [0.29, 0.717) is 0 Å². The minimum atomic E-state index is -0.451. The fourth-order valence-corrected chi connectivity index (χ4v) is 2.50. The van der Waals surface area contributed by atoms with Crippen molar-refractivity contribution in [3.8, 4) is 16.9 Å². The van der Waals surface area contributed by atoms with Gasteiger partial charge in [0.1, 0.15) is 11.3 Å². The van der Waals surface area contributed by atoms with E-state index < -0.39 is 6.10 Å². The molecule has 0 aliphatic carbocycles. The maximum absolute atomic E-state index is 9.60. The minimum absolute atomic E-state index is 0.451. The highest BCUT2D eigenvalue weighted by Gasteiger charge is 2.09. The number of aromatic nitrogens is 1. The topological polar surface area (TPSA) is 42.4 Å². The predicted octanol–water partition coefficient (Wildman–Crippen LogP) is 3.96. The van der Waals surface area contributed by atoms with E-state index in [1.54, 1.807) is 20.2 Å². The van der Waals surface area contributed by atoms with Gasteiger partial charge in [-0.15, -0.1) is 0 Å². The monoisotopic (exact) mass is 279 g/mol. The molecule has 3 heteroatoms. The Balaban J connectivity index is 2.16. The van der Waals surface area contributed by atoms with Gasteiger partial charge >= 0.3 is 0 Å². The van der Waals surface area contributed by atoms with Crippen LogP contribution in [0.1, 0.15) is 18.6 Å². The zero-order valence-electron chi connectivity index (χ0n) is 12.1. The Morgan fingerprint density at radius 1 is 1.05 bits per heavy atom. The Labute approximate surface area is 123 Å². The summed E-state index contributed by atoms with van der Waals surface area (Å²) >= 11 is 0. The van der Waals surface area contributed by atoms with Crippen LogP contribution >= 0.6 is 0 Å². The molecule has 0 unspecified atom stereocenters. The Hall–Kier alpha value is -2.39. The zero-order valence-corrected chi connectivity index (χ0v) is 12.1. The van der Waals surface area contributed by atoms with E-state index >= 15 is 0 Å². The maximum Gasteiger partial charge on any atom is 0.145 e. The van der Waals surface area contributed by atoms with E-state index in [1.165, 1.54) is 0 Å². The highest BCUT2D eigenvalue weighted by atomic mass is 16.5. The second-order valence-corrected chi connectivity index (χ2v) is 5.01. The average Bonchev–Trinajstić information content (AvgIpc) is 2.54. The maximum atomic E-state index is 9.60. The number of benzene rings is 2. The molecule has 0 amide bonds. The van der Waals surface area contributed by atoms with Crippen LogP contribution in [0.3, 0.4) is 0 Å². The number of fused-ring (bicyclic) bond motifs is 1. The lowest BCUT2D eigenvalue weighted by Crippen LogP contribution is -1.92. The molecule has 2 aromatic carbocycles.